The lowest BCUT2D eigenvalue weighted by Gasteiger charge is -2.08. The molecule has 0 aliphatic rings. The molecule has 3 rings (SSSR count). The second-order valence-electron chi connectivity index (χ2n) is 6.24. The summed E-state index contributed by atoms with van der Waals surface area (Å²) in [7, 11) is 0. The van der Waals surface area contributed by atoms with E-state index in [4.69, 9.17) is 27.9 Å². The molecule has 142 valence electrons. The zero-order chi connectivity index (χ0) is 19.6. The van der Waals surface area contributed by atoms with E-state index >= 15 is 0 Å². The number of halogens is 2. The molecule has 0 saturated heterocycles. The van der Waals surface area contributed by atoms with E-state index in [1.165, 1.54) is 16.9 Å². The van der Waals surface area contributed by atoms with Crippen LogP contribution in [0.5, 0.6) is 0 Å². The molecular formula is C20H20Cl2N2O2S. The number of benzene rings is 2. The Kier molecular flexibility index (Phi) is 6.37. The third-order valence-corrected chi connectivity index (χ3v) is 5.54. The Morgan fingerprint density at radius 3 is 2.52 bits per heavy atom. The van der Waals surface area contributed by atoms with E-state index in [9.17, 15) is 4.79 Å². The van der Waals surface area contributed by atoms with Gasteiger partial charge in [0.05, 0.1) is 16.8 Å². The summed E-state index contributed by atoms with van der Waals surface area (Å²) in [5.74, 6) is -0.370. The SMILES string of the molecule is CCOCCn1c(=NC(=O)c2cc(Cl)cc(Cl)c2)sc2cc(C)cc(C)c21. The molecule has 27 heavy (non-hydrogen) atoms. The maximum absolute atomic E-state index is 12.7. The Morgan fingerprint density at radius 2 is 1.85 bits per heavy atom. The number of amides is 1. The Morgan fingerprint density at radius 1 is 1.15 bits per heavy atom. The molecule has 0 bridgehead atoms. The molecule has 4 nitrogen and oxygen atoms in total. The molecule has 3 aromatic rings. The summed E-state index contributed by atoms with van der Waals surface area (Å²) in [5, 5.41) is 0.821. The largest absolute Gasteiger partial charge is 0.380 e. The fourth-order valence-corrected chi connectivity index (χ4v) is 4.77. The molecule has 1 amide bonds. The minimum Gasteiger partial charge on any atom is -0.380 e. The van der Waals surface area contributed by atoms with Gasteiger partial charge in [0, 0.05) is 28.8 Å². The Labute approximate surface area is 172 Å². The average molecular weight is 423 g/mol. The highest BCUT2D eigenvalue weighted by Crippen LogP contribution is 2.24. The minimum absolute atomic E-state index is 0.370. The van der Waals surface area contributed by atoms with Gasteiger partial charge in [-0.25, -0.2) is 0 Å². The molecule has 0 saturated carbocycles. The van der Waals surface area contributed by atoms with Crippen LogP contribution >= 0.6 is 34.5 Å². The molecule has 1 heterocycles. The zero-order valence-electron chi connectivity index (χ0n) is 15.4. The van der Waals surface area contributed by atoms with Crippen LogP contribution in [0.3, 0.4) is 0 Å². The van der Waals surface area contributed by atoms with Gasteiger partial charge in [-0.3, -0.25) is 4.79 Å². The van der Waals surface area contributed by atoms with Gasteiger partial charge in [-0.1, -0.05) is 40.6 Å². The molecule has 0 aliphatic carbocycles. The molecule has 0 atom stereocenters. The van der Waals surface area contributed by atoms with Gasteiger partial charge in [0.1, 0.15) is 0 Å². The summed E-state index contributed by atoms with van der Waals surface area (Å²) in [6.07, 6.45) is 0. The molecule has 1 aromatic heterocycles. The molecule has 0 N–H and O–H groups in total. The fourth-order valence-electron chi connectivity index (χ4n) is 3.01. The number of hydrogen-bond acceptors (Lipinski definition) is 3. The summed E-state index contributed by atoms with van der Waals surface area (Å²) in [4.78, 5) is 17.7. The van der Waals surface area contributed by atoms with Crippen molar-refractivity contribution < 1.29 is 9.53 Å². The van der Waals surface area contributed by atoms with Crippen molar-refractivity contribution >= 4 is 50.7 Å². The summed E-state index contributed by atoms with van der Waals surface area (Å²) >= 11 is 13.5. The van der Waals surface area contributed by atoms with Crippen molar-refractivity contribution in [2.75, 3.05) is 13.2 Å². The van der Waals surface area contributed by atoms with Crippen LogP contribution in [0.1, 0.15) is 28.4 Å². The number of ether oxygens (including phenoxy) is 1. The van der Waals surface area contributed by atoms with E-state index in [-0.39, 0.29) is 5.91 Å². The van der Waals surface area contributed by atoms with Crippen LogP contribution < -0.4 is 4.80 Å². The molecule has 0 unspecified atom stereocenters. The van der Waals surface area contributed by atoms with Crippen molar-refractivity contribution in [3.8, 4) is 0 Å². The van der Waals surface area contributed by atoms with E-state index in [2.05, 4.69) is 35.5 Å². The number of carbonyl (C=O) groups excluding carboxylic acids is 1. The normalized spacial score (nSPS) is 12.1. The van der Waals surface area contributed by atoms with E-state index < -0.39 is 0 Å². The Hall–Kier alpha value is -1.66. The first-order chi connectivity index (χ1) is 12.9. The molecule has 0 aliphatic heterocycles. The van der Waals surface area contributed by atoms with Crippen LogP contribution in [0.2, 0.25) is 10.0 Å². The molecule has 2 aromatic carbocycles. The van der Waals surface area contributed by atoms with Crippen molar-refractivity contribution in [2.45, 2.75) is 27.3 Å². The topological polar surface area (TPSA) is 43.6 Å². The summed E-state index contributed by atoms with van der Waals surface area (Å²) in [5.41, 5.74) is 3.78. The summed E-state index contributed by atoms with van der Waals surface area (Å²) < 4.78 is 8.66. The highest BCUT2D eigenvalue weighted by Gasteiger charge is 2.12. The standard InChI is InChI=1S/C20H20Cl2N2O2S/c1-4-26-6-5-24-18-13(3)7-12(2)8-17(18)27-20(24)23-19(25)14-9-15(21)11-16(22)10-14/h7-11H,4-6H2,1-3H3. The number of fused-ring (bicyclic) bond motifs is 1. The predicted octanol–water partition coefficient (Wildman–Crippen LogP) is 5.40. The van der Waals surface area contributed by atoms with E-state index in [0.29, 0.717) is 40.2 Å². The van der Waals surface area contributed by atoms with Crippen molar-refractivity contribution in [1.82, 2.24) is 4.57 Å². The van der Waals surface area contributed by atoms with Crippen molar-refractivity contribution in [2.24, 2.45) is 4.99 Å². The van der Waals surface area contributed by atoms with Crippen LogP contribution in [0.25, 0.3) is 10.2 Å². The van der Waals surface area contributed by atoms with Gasteiger partial charge in [-0.15, -0.1) is 0 Å². The number of nitrogens with zero attached hydrogens (tertiary/aromatic N) is 2. The van der Waals surface area contributed by atoms with Crippen LogP contribution in [0.15, 0.2) is 35.3 Å². The van der Waals surface area contributed by atoms with E-state index in [1.807, 2.05) is 6.92 Å². The monoisotopic (exact) mass is 422 g/mol. The number of carbonyl (C=O) groups is 1. The quantitative estimate of drug-likeness (QED) is 0.516. The number of thiazole rings is 1. The smallest absolute Gasteiger partial charge is 0.279 e. The zero-order valence-corrected chi connectivity index (χ0v) is 17.7. The highest BCUT2D eigenvalue weighted by molar-refractivity contribution is 7.16. The van der Waals surface area contributed by atoms with Gasteiger partial charge in [0.25, 0.3) is 5.91 Å². The summed E-state index contributed by atoms with van der Waals surface area (Å²) in [6.45, 7) is 7.92. The Balaban J connectivity index is 2.13. The molecule has 0 radical (unpaired) electrons. The maximum atomic E-state index is 12.7. The first-order valence-corrected chi connectivity index (χ1v) is 10.2. The van der Waals surface area contributed by atoms with Crippen LogP contribution in [-0.2, 0) is 11.3 Å². The lowest BCUT2D eigenvalue weighted by Crippen LogP contribution is -2.20. The molecule has 0 fully saturated rings. The van der Waals surface area contributed by atoms with Gasteiger partial charge in [-0.05, 0) is 56.2 Å². The first kappa shape index (κ1) is 20.1. The first-order valence-electron chi connectivity index (χ1n) is 8.62. The van der Waals surface area contributed by atoms with Crippen molar-refractivity contribution in [3.05, 3.63) is 61.9 Å². The third-order valence-electron chi connectivity index (χ3n) is 4.08. The van der Waals surface area contributed by atoms with Crippen LogP contribution in [0.4, 0.5) is 0 Å². The molecule has 0 spiro atoms. The number of hydrogen-bond donors (Lipinski definition) is 0. The van der Waals surface area contributed by atoms with E-state index in [1.54, 1.807) is 18.2 Å². The second kappa shape index (κ2) is 8.57. The lowest BCUT2D eigenvalue weighted by molar-refractivity contribution is 0.0996. The summed E-state index contributed by atoms with van der Waals surface area (Å²) in [6, 6.07) is 8.99. The van der Waals surface area contributed by atoms with Gasteiger partial charge in [0.15, 0.2) is 4.80 Å². The van der Waals surface area contributed by atoms with E-state index in [0.717, 1.165) is 15.8 Å². The highest BCUT2D eigenvalue weighted by atomic mass is 35.5. The lowest BCUT2D eigenvalue weighted by atomic mass is 10.1. The van der Waals surface area contributed by atoms with Gasteiger partial charge in [0.2, 0.25) is 0 Å². The van der Waals surface area contributed by atoms with Crippen molar-refractivity contribution in [3.63, 3.8) is 0 Å². The van der Waals surface area contributed by atoms with Gasteiger partial charge in [-0.2, -0.15) is 4.99 Å². The Bertz CT molecular complexity index is 1050. The van der Waals surface area contributed by atoms with Gasteiger partial charge < -0.3 is 9.30 Å². The molecule has 7 heteroatoms. The second-order valence-corrected chi connectivity index (χ2v) is 8.12. The maximum Gasteiger partial charge on any atom is 0.279 e. The van der Waals surface area contributed by atoms with Crippen LogP contribution in [0, 0.1) is 13.8 Å². The number of aromatic nitrogens is 1. The number of rotatable bonds is 5. The van der Waals surface area contributed by atoms with Gasteiger partial charge >= 0.3 is 0 Å². The fraction of sp³-hybridized carbons (Fsp3) is 0.300. The minimum atomic E-state index is -0.370. The van der Waals surface area contributed by atoms with Crippen molar-refractivity contribution in [1.29, 1.82) is 0 Å². The third kappa shape index (κ3) is 4.61. The average Bonchev–Trinajstić information content (AvgIpc) is 2.91. The number of aryl methyl sites for hydroxylation is 2. The predicted molar refractivity (Wildman–Crippen MR) is 112 cm³/mol. The van der Waals surface area contributed by atoms with Crippen LogP contribution in [-0.4, -0.2) is 23.7 Å². The molecular weight excluding hydrogens is 403 g/mol.